The summed E-state index contributed by atoms with van der Waals surface area (Å²) in [5.41, 5.74) is 0. The number of hydrogen-bond donors (Lipinski definition) is 1. The Labute approximate surface area is 102 Å². The van der Waals surface area contributed by atoms with Crippen LogP contribution in [0.25, 0.3) is 0 Å². The van der Waals surface area contributed by atoms with Crippen LogP contribution >= 0.6 is 22.6 Å². The van der Waals surface area contributed by atoms with E-state index in [0.29, 0.717) is 9.32 Å². The lowest BCUT2D eigenvalue weighted by molar-refractivity contribution is 0.294. The van der Waals surface area contributed by atoms with Crippen LogP contribution in [0.1, 0.15) is 12.8 Å². The van der Waals surface area contributed by atoms with Gasteiger partial charge in [0.05, 0.1) is 6.10 Å². The first kappa shape index (κ1) is 11.2. The molecule has 1 aliphatic rings. The minimum Gasteiger partial charge on any atom is -0.489 e. The third-order valence-electron chi connectivity index (χ3n) is 2.03. The zero-order valence-corrected chi connectivity index (χ0v) is 10.8. The van der Waals surface area contributed by atoms with Crippen molar-refractivity contribution in [3.63, 3.8) is 0 Å². The van der Waals surface area contributed by atoms with Gasteiger partial charge in [-0.3, -0.25) is 0 Å². The molecule has 4 nitrogen and oxygen atoms in total. The van der Waals surface area contributed by atoms with Crippen LogP contribution in [0, 0.1) is 3.57 Å². The van der Waals surface area contributed by atoms with Crippen LogP contribution in [-0.2, 0) is 10.0 Å². The van der Waals surface area contributed by atoms with Crippen LogP contribution in [0.3, 0.4) is 0 Å². The lowest BCUT2D eigenvalue weighted by Gasteiger charge is -2.10. The molecule has 2 rings (SSSR count). The minimum absolute atomic E-state index is 0.0949. The zero-order valence-electron chi connectivity index (χ0n) is 7.81. The topological polar surface area (TPSA) is 69.4 Å². The summed E-state index contributed by atoms with van der Waals surface area (Å²) in [4.78, 5) is 0.0949. The molecule has 1 fully saturated rings. The van der Waals surface area contributed by atoms with E-state index in [0.717, 1.165) is 12.8 Å². The van der Waals surface area contributed by atoms with Gasteiger partial charge in [-0.1, -0.05) is 6.07 Å². The maximum atomic E-state index is 11.4. The van der Waals surface area contributed by atoms with Gasteiger partial charge in [0.2, 0.25) is 10.0 Å². The number of ether oxygens (including phenoxy) is 1. The molecule has 0 heterocycles. The quantitative estimate of drug-likeness (QED) is 0.848. The van der Waals surface area contributed by atoms with Crippen LogP contribution in [0.4, 0.5) is 0 Å². The van der Waals surface area contributed by atoms with Gasteiger partial charge in [-0.15, -0.1) is 0 Å². The van der Waals surface area contributed by atoms with Gasteiger partial charge in [-0.05, 0) is 47.6 Å². The van der Waals surface area contributed by atoms with Crippen LogP contribution in [-0.4, -0.2) is 14.5 Å². The first-order chi connectivity index (χ1) is 6.98. The molecule has 6 heteroatoms. The van der Waals surface area contributed by atoms with E-state index in [1.54, 1.807) is 18.2 Å². The van der Waals surface area contributed by atoms with E-state index in [1.165, 1.54) is 0 Å². The molecule has 15 heavy (non-hydrogen) atoms. The molecule has 0 bridgehead atoms. The van der Waals surface area contributed by atoms with Crippen LogP contribution in [0.5, 0.6) is 5.75 Å². The monoisotopic (exact) mass is 339 g/mol. The maximum absolute atomic E-state index is 11.4. The highest BCUT2D eigenvalue weighted by atomic mass is 127. The Kier molecular flexibility index (Phi) is 2.91. The first-order valence-corrected chi connectivity index (χ1v) is 7.09. The average molecular weight is 339 g/mol. The van der Waals surface area contributed by atoms with Crippen molar-refractivity contribution in [2.75, 3.05) is 0 Å². The van der Waals surface area contributed by atoms with E-state index in [-0.39, 0.29) is 11.0 Å². The fourth-order valence-electron chi connectivity index (χ4n) is 1.22. The largest absolute Gasteiger partial charge is 0.489 e. The van der Waals surface area contributed by atoms with E-state index >= 15 is 0 Å². The van der Waals surface area contributed by atoms with Gasteiger partial charge in [0.15, 0.2) is 0 Å². The highest BCUT2D eigenvalue weighted by Crippen LogP contribution is 2.33. The molecular formula is C9H10INO3S. The van der Waals surface area contributed by atoms with E-state index in [1.807, 2.05) is 22.6 Å². The number of benzene rings is 1. The van der Waals surface area contributed by atoms with Crippen LogP contribution in [0.15, 0.2) is 23.1 Å². The predicted octanol–water partition coefficient (Wildman–Crippen LogP) is 1.48. The van der Waals surface area contributed by atoms with Gasteiger partial charge in [-0.2, -0.15) is 0 Å². The highest BCUT2D eigenvalue weighted by molar-refractivity contribution is 14.1. The number of sulfonamides is 1. The Morgan fingerprint density at radius 3 is 2.60 bits per heavy atom. The molecule has 0 aromatic heterocycles. The molecule has 0 aliphatic heterocycles. The van der Waals surface area contributed by atoms with Gasteiger partial charge in [0.25, 0.3) is 0 Å². The number of hydrogen-bond acceptors (Lipinski definition) is 3. The summed E-state index contributed by atoms with van der Waals surface area (Å²) < 4.78 is 28.8. The minimum atomic E-state index is -3.71. The average Bonchev–Trinajstić information content (AvgIpc) is 2.85. The molecule has 82 valence electrons. The Bertz CT molecular complexity index is 482. The standard InChI is InChI=1S/C9H10INO3S/c10-7-2-1-3-8(14-6-4-5-6)9(7)15(11,12)13/h1-3,6H,4-5H2,(H2,11,12,13). The van der Waals surface area contributed by atoms with Gasteiger partial charge < -0.3 is 4.74 Å². The summed E-state index contributed by atoms with van der Waals surface area (Å²) in [6, 6.07) is 5.09. The number of rotatable bonds is 3. The molecular weight excluding hydrogens is 329 g/mol. The van der Waals surface area contributed by atoms with Crippen molar-refractivity contribution >= 4 is 32.6 Å². The van der Waals surface area contributed by atoms with Crippen LogP contribution < -0.4 is 9.88 Å². The molecule has 0 saturated heterocycles. The molecule has 1 aliphatic carbocycles. The fourth-order valence-corrected chi connectivity index (χ4v) is 3.35. The van der Waals surface area contributed by atoms with Crippen LogP contribution in [0.2, 0.25) is 0 Å². The van der Waals surface area contributed by atoms with Crippen molar-refractivity contribution in [1.82, 2.24) is 0 Å². The molecule has 1 saturated carbocycles. The van der Waals surface area contributed by atoms with E-state index in [2.05, 4.69) is 0 Å². The van der Waals surface area contributed by atoms with Gasteiger partial charge in [-0.25, -0.2) is 13.6 Å². The summed E-state index contributed by atoms with van der Waals surface area (Å²) in [5.74, 6) is 0.368. The first-order valence-electron chi connectivity index (χ1n) is 4.46. The number of nitrogens with two attached hydrogens (primary N) is 1. The molecule has 0 spiro atoms. The van der Waals surface area contributed by atoms with E-state index in [9.17, 15) is 8.42 Å². The van der Waals surface area contributed by atoms with Crippen molar-refractivity contribution in [3.8, 4) is 5.75 Å². The third kappa shape index (κ3) is 2.61. The molecule has 0 amide bonds. The SMILES string of the molecule is NS(=O)(=O)c1c(I)cccc1OC1CC1. The Hall–Kier alpha value is -0.340. The van der Waals surface area contributed by atoms with Crippen molar-refractivity contribution in [2.45, 2.75) is 23.8 Å². The number of halogens is 1. The molecule has 1 aromatic carbocycles. The molecule has 0 atom stereocenters. The molecule has 0 radical (unpaired) electrons. The second-order valence-electron chi connectivity index (χ2n) is 3.43. The third-order valence-corrected chi connectivity index (χ3v) is 4.29. The summed E-state index contributed by atoms with van der Waals surface area (Å²) >= 11 is 1.94. The molecule has 2 N–H and O–H groups in total. The lowest BCUT2D eigenvalue weighted by Crippen LogP contribution is -2.16. The number of primary sulfonamides is 1. The zero-order chi connectivity index (χ0) is 11.1. The second kappa shape index (κ2) is 3.91. The Morgan fingerprint density at radius 2 is 2.07 bits per heavy atom. The van der Waals surface area contributed by atoms with Crippen molar-refractivity contribution in [2.24, 2.45) is 5.14 Å². The summed E-state index contributed by atoms with van der Waals surface area (Å²) in [7, 11) is -3.71. The predicted molar refractivity (Wildman–Crippen MR) is 64.2 cm³/mol. The van der Waals surface area contributed by atoms with Crippen molar-refractivity contribution in [3.05, 3.63) is 21.8 Å². The maximum Gasteiger partial charge on any atom is 0.242 e. The smallest absolute Gasteiger partial charge is 0.242 e. The lowest BCUT2D eigenvalue weighted by atomic mass is 10.3. The summed E-state index contributed by atoms with van der Waals surface area (Å²) in [6.07, 6.45) is 2.12. The summed E-state index contributed by atoms with van der Waals surface area (Å²) in [5, 5.41) is 5.14. The van der Waals surface area contributed by atoms with E-state index in [4.69, 9.17) is 9.88 Å². The van der Waals surface area contributed by atoms with Gasteiger partial charge >= 0.3 is 0 Å². The summed E-state index contributed by atoms with van der Waals surface area (Å²) in [6.45, 7) is 0. The molecule has 0 unspecified atom stereocenters. The highest BCUT2D eigenvalue weighted by Gasteiger charge is 2.27. The van der Waals surface area contributed by atoms with Gasteiger partial charge in [0.1, 0.15) is 10.6 Å². The molecule has 1 aromatic rings. The van der Waals surface area contributed by atoms with Gasteiger partial charge in [0, 0.05) is 3.57 Å². The van der Waals surface area contributed by atoms with E-state index < -0.39 is 10.0 Å². The second-order valence-corrected chi connectivity index (χ2v) is 6.09. The Balaban J connectivity index is 2.47. The fraction of sp³-hybridized carbons (Fsp3) is 0.333. The van der Waals surface area contributed by atoms with Crippen molar-refractivity contribution in [1.29, 1.82) is 0 Å². The van der Waals surface area contributed by atoms with Crippen molar-refractivity contribution < 1.29 is 13.2 Å². The normalized spacial score (nSPS) is 16.4. The Morgan fingerprint density at radius 1 is 1.40 bits per heavy atom.